The number of nitrogens with zero attached hydrogens (tertiary/aromatic N) is 4. The molecule has 30 heavy (non-hydrogen) atoms. The summed E-state index contributed by atoms with van der Waals surface area (Å²) >= 11 is 0. The van der Waals surface area contributed by atoms with Crippen LogP contribution in [-0.2, 0) is 0 Å². The molecule has 154 valence electrons. The molecule has 2 aromatic heterocycles. The standard InChI is InChI=1S/C24H26N4O2/c29-27-24(28-14-12-17-5-1-2-6-20(17)16-28)19-10-11-22(26-15-19)30-21-9-3-7-18-8-4-13-25-23(18)21/h3-4,7-11,13,15,17,20,29H,1-2,5-6,12,14,16H2/b27-24-. The summed E-state index contributed by atoms with van der Waals surface area (Å²) in [4.78, 5) is 11.1. The van der Waals surface area contributed by atoms with Crippen molar-refractivity contribution in [3.8, 4) is 11.6 Å². The largest absolute Gasteiger partial charge is 0.437 e. The molecule has 2 atom stereocenters. The monoisotopic (exact) mass is 402 g/mol. The molecule has 1 aliphatic carbocycles. The van der Waals surface area contributed by atoms with E-state index in [2.05, 4.69) is 20.0 Å². The first-order valence-electron chi connectivity index (χ1n) is 10.8. The maximum absolute atomic E-state index is 9.73. The van der Waals surface area contributed by atoms with Crippen LogP contribution in [0.4, 0.5) is 0 Å². The summed E-state index contributed by atoms with van der Waals surface area (Å²) in [5.41, 5.74) is 1.61. The van der Waals surface area contributed by atoms with Crippen LogP contribution in [0.2, 0.25) is 0 Å². The van der Waals surface area contributed by atoms with Crippen molar-refractivity contribution in [2.45, 2.75) is 32.1 Å². The van der Waals surface area contributed by atoms with E-state index in [0.717, 1.165) is 35.5 Å². The van der Waals surface area contributed by atoms with Crippen LogP contribution in [0.5, 0.6) is 11.6 Å². The molecule has 3 aromatic rings. The Morgan fingerprint density at radius 3 is 2.70 bits per heavy atom. The van der Waals surface area contributed by atoms with Crippen LogP contribution in [0.1, 0.15) is 37.7 Å². The summed E-state index contributed by atoms with van der Waals surface area (Å²) in [6.07, 6.45) is 9.95. The van der Waals surface area contributed by atoms with Crippen molar-refractivity contribution in [3.05, 3.63) is 60.4 Å². The molecule has 2 aliphatic rings. The summed E-state index contributed by atoms with van der Waals surface area (Å²) < 4.78 is 5.99. The number of para-hydroxylation sites is 1. The molecule has 1 aromatic carbocycles. The Labute approximate surface area is 176 Å². The number of rotatable bonds is 3. The second-order valence-electron chi connectivity index (χ2n) is 8.28. The van der Waals surface area contributed by atoms with E-state index in [4.69, 9.17) is 4.74 Å². The first-order chi connectivity index (χ1) is 14.8. The molecule has 0 radical (unpaired) electrons. The van der Waals surface area contributed by atoms with Gasteiger partial charge in [0.05, 0.1) is 0 Å². The molecule has 0 amide bonds. The van der Waals surface area contributed by atoms with Gasteiger partial charge in [0.25, 0.3) is 0 Å². The quantitative estimate of drug-likeness (QED) is 0.287. The van der Waals surface area contributed by atoms with Gasteiger partial charge in [0.2, 0.25) is 5.88 Å². The normalized spacial score (nSPS) is 22.0. The third-order valence-corrected chi connectivity index (χ3v) is 6.49. The van der Waals surface area contributed by atoms with Crippen molar-refractivity contribution < 1.29 is 9.94 Å². The average molecular weight is 402 g/mol. The fraction of sp³-hybridized carbons (Fsp3) is 0.375. The molecular weight excluding hydrogens is 376 g/mol. The van der Waals surface area contributed by atoms with Gasteiger partial charge in [0.15, 0.2) is 11.6 Å². The van der Waals surface area contributed by atoms with E-state index in [1.54, 1.807) is 12.4 Å². The Morgan fingerprint density at radius 2 is 1.87 bits per heavy atom. The van der Waals surface area contributed by atoms with Gasteiger partial charge in [-0.25, -0.2) is 4.98 Å². The lowest BCUT2D eigenvalue weighted by Crippen LogP contribution is -2.45. The van der Waals surface area contributed by atoms with Gasteiger partial charge in [0.1, 0.15) is 5.52 Å². The Morgan fingerprint density at radius 1 is 1.00 bits per heavy atom. The van der Waals surface area contributed by atoms with Crippen LogP contribution in [-0.4, -0.2) is 39.0 Å². The maximum Gasteiger partial charge on any atom is 0.219 e. The topological polar surface area (TPSA) is 70.8 Å². The predicted molar refractivity (Wildman–Crippen MR) is 116 cm³/mol. The summed E-state index contributed by atoms with van der Waals surface area (Å²) in [7, 11) is 0. The van der Waals surface area contributed by atoms with Gasteiger partial charge >= 0.3 is 0 Å². The van der Waals surface area contributed by atoms with Crippen molar-refractivity contribution in [1.82, 2.24) is 14.9 Å². The first-order valence-corrected chi connectivity index (χ1v) is 10.8. The molecule has 0 bridgehead atoms. The molecule has 1 saturated heterocycles. The summed E-state index contributed by atoms with van der Waals surface area (Å²) in [6, 6.07) is 13.5. The molecule has 3 heterocycles. The highest BCUT2D eigenvalue weighted by Gasteiger charge is 2.32. The van der Waals surface area contributed by atoms with E-state index in [0.29, 0.717) is 23.4 Å². The lowest BCUT2D eigenvalue weighted by atomic mass is 9.75. The number of hydrogen-bond donors (Lipinski definition) is 1. The molecule has 2 fully saturated rings. The number of oxime groups is 1. The van der Waals surface area contributed by atoms with Crippen molar-refractivity contribution in [1.29, 1.82) is 0 Å². The van der Waals surface area contributed by atoms with E-state index in [1.165, 1.54) is 32.1 Å². The van der Waals surface area contributed by atoms with Crippen molar-refractivity contribution in [3.63, 3.8) is 0 Å². The third kappa shape index (κ3) is 3.70. The van der Waals surface area contributed by atoms with E-state index in [9.17, 15) is 5.21 Å². The summed E-state index contributed by atoms with van der Waals surface area (Å²) in [5, 5.41) is 14.4. The van der Waals surface area contributed by atoms with E-state index in [-0.39, 0.29) is 0 Å². The van der Waals surface area contributed by atoms with Gasteiger partial charge in [-0.3, -0.25) is 4.98 Å². The van der Waals surface area contributed by atoms with Gasteiger partial charge in [-0.15, -0.1) is 0 Å². The Bertz CT molecular complexity index is 1050. The van der Waals surface area contributed by atoms with Crippen LogP contribution in [0, 0.1) is 11.8 Å². The molecular formula is C24H26N4O2. The SMILES string of the molecule is O/N=C(/c1ccc(Oc2cccc3cccnc23)nc1)N1CCC2CCCCC2C1. The summed E-state index contributed by atoms with van der Waals surface area (Å²) in [5.74, 6) is 3.30. The van der Waals surface area contributed by atoms with Crippen LogP contribution in [0.3, 0.4) is 0 Å². The highest BCUT2D eigenvalue weighted by molar-refractivity contribution is 5.98. The zero-order chi connectivity index (χ0) is 20.3. The number of aromatic nitrogens is 2. The number of hydrogen-bond acceptors (Lipinski definition) is 5. The average Bonchev–Trinajstić information content (AvgIpc) is 2.81. The molecule has 0 spiro atoms. The second kappa shape index (κ2) is 8.30. The number of piperidine rings is 1. The number of likely N-dealkylation sites (tertiary alicyclic amines) is 1. The minimum absolute atomic E-state index is 0.486. The van der Waals surface area contributed by atoms with Gasteiger partial charge in [-0.2, -0.15) is 0 Å². The maximum atomic E-state index is 9.73. The molecule has 6 heteroatoms. The second-order valence-corrected chi connectivity index (χ2v) is 8.28. The smallest absolute Gasteiger partial charge is 0.219 e. The van der Waals surface area contributed by atoms with Gasteiger partial charge in [0, 0.05) is 42.5 Å². The minimum Gasteiger partial charge on any atom is -0.437 e. The Balaban J connectivity index is 1.32. The Hall–Kier alpha value is -3.15. The van der Waals surface area contributed by atoms with Gasteiger partial charge in [-0.05, 0) is 42.9 Å². The van der Waals surface area contributed by atoms with E-state index in [1.807, 2.05) is 42.5 Å². The van der Waals surface area contributed by atoms with Crippen LogP contribution in [0.25, 0.3) is 10.9 Å². The van der Waals surface area contributed by atoms with Crippen molar-refractivity contribution in [2.75, 3.05) is 13.1 Å². The first kappa shape index (κ1) is 18.9. The van der Waals surface area contributed by atoms with Gasteiger partial charge in [-0.1, -0.05) is 42.6 Å². The Kier molecular flexibility index (Phi) is 5.22. The highest BCUT2D eigenvalue weighted by atomic mass is 16.5. The number of amidine groups is 1. The molecule has 1 aliphatic heterocycles. The zero-order valence-corrected chi connectivity index (χ0v) is 16.9. The van der Waals surface area contributed by atoms with Crippen molar-refractivity contribution in [2.24, 2.45) is 17.0 Å². The molecule has 6 nitrogen and oxygen atoms in total. The van der Waals surface area contributed by atoms with Crippen LogP contribution in [0.15, 0.2) is 60.0 Å². The number of ether oxygens (including phenoxy) is 1. The van der Waals surface area contributed by atoms with Gasteiger partial charge < -0.3 is 14.8 Å². The predicted octanol–water partition coefficient (Wildman–Crippen LogP) is 5.07. The zero-order valence-electron chi connectivity index (χ0n) is 16.9. The van der Waals surface area contributed by atoms with E-state index >= 15 is 0 Å². The molecule has 5 rings (SSSR count). The molecule has 2 unspecified atom stereocenters. The number of benzene rings is 1. The number of pyridine rings is 2. The van der Waals surface area contributed by atoms with Crippen LogP contribution >= 0.6 is 0 Å². The molecule has 1 saturated carbocycles. The summed E-state index contributed by atoms with van der Waals surface area (Å²) in [6.45, 7) is 1.89. The fourth-order valence-corrected chi connectivity index (χ4v) is 4.94. The lowest BCUT2D eigenvalue weighted by molar-refractivity contribution is 0.127. The van der Waals surface area contributed by atoms with Crippen molar-refractivity contribution >= 4 is 16.7 Å². The van der Waals surface area contributed by atoms with Crippen LogP contribution < -0.4 is 4.74 Å². The number of fused-ring (bicyclic) bond motifs is 2. The molecule has 1 N–H and O–H groups in total. The third-order valence-electron chi connectivity index (χ3n) is 6.49. The fourth-order valence-electron chi connectivity index (χ4n) is 4.94. The lowest BCUT2D eigenvalue weighted by Gasteiger charge is -2.42. The highest BCUT2D eigenvalue weighted by Crippen LogP contribution is 2.36. The minimum atomic E-state index is 0.486. The van der Waals surface area contributed by atoms with E-state index < -0.39 is 0 Å².